The summed E-state index contributed by atoms with van der Waals surface area (Å²) in [5.74, 6) is 0.740. The Morgan fingerprint density at radius 2 is 2.00 bits per heavy atom. The molecule has 5 nitrogen and oxygen atoms in total. The summed E-state index contributed by atoms with van der Waals surface area (Å²) in [6, 6.07) is -0.102. The van der Waals surface area contributed by atoms with E-state index in [1.165, 1.54) is 0 Å². The molecule has 1 atom stereocenters. The average molecular weight is 235 g/mol. The van der Waals surface area contributed by atoms with Crippen LogP contribution in [-0.2, 0) is 10.2 Å². The zero-order chi connectivity index (χ0) is 11.5. The second kappa shape index (κ2) is 5.25. The first-order valence-electron chi connectivity index (χ1n) is 5.41. The van der Waals surface area contributed by atoms with Crippen LogP contribution in [0, 0.1) is 11.8 Å². The molecule has 0 amide bonds. The van der Waals surface area contributed by atoms with Gasteiger partial charge in [-0.3, -0.25) is 0 Å². The van der Waals surface area contributed by atoms with Crippen molar-refractivity contribution in [1.29, 1.82) is 0 Å². The van der Waals surface area contributed by atoms with Crippen molar-refractivity contribution >= 4 is 10.2 Å². The molecule has 0 heterocycles. The van der Waals surface area contributed by atoms with Crippen LogP contribution < -0.4 is 15.2 Å². The first-order valence-corrected chi connectivity index (χ1v) is 6.90. The zero-order valence-electron chi connectivity index (χ0n) is 9.36. The highest BCUT2D eigenvalue weighted by atomic mass is 32.2. The van der Waals surface area contributed by atoms with Crippen molar-refractivity contribution in [3.05, 3.63) is 0 Å². The SMILES string of the molecule is CC(C)CNS(=O)(=O)NC(CN)C1CC1. The lowest BCUT2D eigenvalue weighted by Gasteiger charge is -2.17. The molecule has 1 fully saturated rings. The topological polar surface area (TPSA) is 84.2 Å². The van der Waals surface area contributed by atoms with E-state index in [4.69, 9.17) is 5.73 Å². The first kappa shape index (κ1) is 12.9. The van der Waals surface area contributed by atoms with E-state index in [1.807, 2.05) is 13.8 Å². The van der Waals surface area contributed by atoms with Crippen molar-refractivity contribution < 1.29 is 8.42 Å². The normalized spacial score (nSPS) is 19.5. The van der Waals surface area contributed by atoms with Crippen LogP contribution in [0.5, 0.6) is 0 Å². The van der Waals surface area contributed by atoms with Gasteiger partial charge in [0.25, 0.3) is 10.2 Å². The Balaban J connectivity index is 2.39. The summed E-state index contributed by atoms with van der Waals surface area (Å²) in [5, 5.41) is 0. The van der Waals surface area contributed by atoms with Crippen molar-refractivity contribution in [3.8, 4) is 0 Å². The smallest absolute Gasteiger partial charge is 0.277 e. The van der Waals surface area contributed by atoms with Crippen molar-refractivity contribution in [3.63, 3.8) is 0 Å². The van der Waals surface area contributed by atoms with Gasteiger partial charge in [-0.15, -0.1) is 0 Å². The van der Waals surface area contributed by atoms with Crippen LogP contribution in [0.4, 0.5) is 0 Å². The molecule has 0 saturated heterocycles. The predicted molar refractivity (Wildman–Crippen MR) is 60.5 cm³/mol. The van der Waals surface area contributed by atoms with Crippen molar-refractivity contribution in [2.24, 2.45) is 17.6 Å². The number of nitrogens with two attached hydrogens (primary N) is 1. The van der Waals surface area contributed by atoms with Gasteiger partial charge < -0.3 is 5.73 Å². The Morgan fingerprint density at radius 3 is 2.40 bits per heavy atom. The molecule has 0 bridgehead atoms. The summed E-state index contributed by atoms with van der Waals surface area (Å²) in [4.78, 5) is 0. The molecule has 90 valence electrons. The summed E-state index contributed by atoms with van der Waals surface area (Å²) in [6.07, 6.45) is 2.16. The quantitative estimate of drug-likeness (QED) is 0.571. The average Bonchev–Trinajstić information content (AvgIpc) is 2.94. The fraction of sp³-hybridized carbons (Fsp3) is 1.00. The lowest BCUT2D eigenvalue weighted by molar-refractivity contribution is 0.502. The van der Waals surface area contributed by atoms with Gasteiger partial charge in [0.05, 0.1) is 0 Å². The Kier molecular flexibility index (Phi) is 4.51. The molecule has 0 spiro atoms. The van der Waals surface area contributed by atoms with E-state index in [1.54, 1.807) is 0 Å². The second-order valence-electron chi connectivity index (χ2n) is 4.54. The summed E-state index contributed by atoms with van der Waals surface area (Å²) in [7, 11) is -3.37. The molecule has 6 heteroatoms. The molecule has 1 aliphatic rings. The molecular formula is C9H21N3O2S. The summed E-state index contributed by atoms with van der Waals surface area (Å²) in [5.41, 5.74) is 5.52. The van der Waals surface area contributed by atoms with E-state index in [-0.39, 0.29) is 6.04 Å². The Bertz CT molecular complexity index is 286. The lowest BCUT2D eigenvalue weighted by atomic mass is 10.2. The number of rotatable bonds is 7. The summed E-state index contributed by atoms with van der Waals surface area (Å²) in [6.45, 7) is 4.75. The van der Waals surface area contributed by atoms with Gasteiger partial charge >= 0.3 is 0 Å². The highest BCUT2D eigenvalue weighted by molar-refractivity contribution is 7.87. The maximum atomic E-state index is 11.6. The van der Waals surface area contributed by atoms with E-state index in [0.717, 1.165) is 12.8 Å². The molecule has 4 N–H and O–H groups in total. The van der Waals surface area contributed by atoms with E-state index >= 15 is 0 Å². The minimum absolute atomic E-state index is 0.102. The van der Waals surface area contributed by atoms with Gasteiger partial charge in [-0.2, -0.15) is 13.1 Å². The second-order valence-corrected chi connectivity index (χ2v) is 6.07. The maximum Gasteiger partial charge on any atom is 0.277 e. The van der Waals surface area contributed by atoms with Gasteiger partial charge in [0.2, 0.25) is 0 Å². The van der Waals surface area contributed by atoms with Crippen molar-refractivity contribution in [1.82, 2.24) is 9.44 Å². The molecule has 15 heavy (non-hydrogen) atoms. The van der Waals surface area contributed by atoms with Gasteiger partial charge in [-0.1, -0.05) is 13.8 Å². The number of nitrogens with one attached hydrogen (secondary N) is 2. The molecule has 0 aromatic rings. The molecule has 0 aromatic carbocycles. The van der Waals surface area contributed by atoms with E-state index < -0.39 is 10.2 Å². The maximum absolute atomic E-state index is 11.6. The summed E-state index contributed by atoms with van der Waals surface area (Å²) < 4.78 is 28.2. The number of hydrogen-bond donors (Lipinski definition) is 3. The first-order chi connectivity index (χ1) is 6.94. The third-order valence-electron chi connectivity index (χ3n) is 2.43. The number of hydrogen-bond acceptors (Lipinski definition) is 3. The van der Waals surface area contributed by atoms with Crippen LogP contribution in [-0.4, -0.2) is 27.5 Å². The van der Waals surface area contributed by atoms with Crippen LogP contribution in [0.3, 0.4) is 0 Å². The van der Waals surface area contributed by atoms with Crippen LogP contribution in [0.15, 0.2) is 0 Å². The standard InChI is InChI=1S/C9H21N3O2S/c1-7(2)6-11-15(13,14)12-9(5-10)8-3-4-8/h7-9,11-12H,3-6,10H2,1-2H3. The summed E-state index contributed by atoms with van der Waals surface area (Å²) >= 11 is 0. The van der Waals surface area contributed by atoms with Crippen LogP contribution in [0.1, 0.15) is 26.7 Å². The van der Waals surface area contributed by atoms with Gasteiger partial charge in [0.15, 0.2) is 0 Å². The Labute approximate surface area is 92.0 Å². The zero-order valence-corrected chi connectivity index (χ0v) is 10.2. The third kappa shape index (κ3) is 4.92. The molecule has 1 rings (SSSR count). The fourth-order valence-electron chi connectivity index (χ4n) is 1.35. The molecular weight excluding hydrogens is 214 g/mol. The van der Waals surface area contributed by atoms with Crippen LogP contribution in [0.25, 0.3) is 0 Å². The van der Waals surface area contributed by atoms with Crippen LogP contribution >= 0.6 is 0 Å². The monoisotopic (exact) mass is 235 g/mol. The minimum atomic E-state index is -3.37. The van der Waals surface area contributed by atoms with Gasteiger partial charge in [-0.05, 0) is 24.7 Å². The van der Waals surface area contributed by atoms with Crippen LogP contribution in [0.2, 0.25) is 0 Å². The fourth-order valence-corrected chi connectivity index (χ4v) is 2.68. The highest BCUT2D eigenvalue weighted by Crippen LogP contribution is 2.32. The molecule has 0 aromatic heterocycles. The Hall–Kier alpha value is -0.170. The largest absolute Gasteiger partial charge is 0.329 e. The van der Waals surface area contributed by atoms with Crippen molar-refractivity contribution in [2.75, 3.05) is 13.1 Å². The third-order valence-corrected chi connectivity index (χ3v) is 3.59. The minimum Gasteiger partial charge on any atom is -0.329 e. The molecule has 1 saturated carbocycles. The predicted octanol–water partition coefficient (Wildman–Crippen LogP) is -0.196. The molecule has 1 aliphatic carbocycles. The van der Waals surface area contributed by atoms with Gasteiger partial charge in [0.1, 0.15) is 0 Å². The molecule has 0 radical (unpaired) electrons. The molecule has 0 aliphatic heterocycles. The van der Waals surface area contributed by atoms with E-state index in [2.05, 4.69) is 9.44 Å². The van der Waals surface area contributed by atoms with E-state index in [9.17, 15) is 8.42 Å². The van der Waals surface area contributed by atoms with Gasteiger partial charge in [-0.25, -0.2) is 4.72 Å². The molecule has 1 unspecified atom stereocenters. The Morgan fingerprint density at radius 1 is 1.40 bits per heavy atom. The lowest BCUT2D eigenvalue weighted by Crippen LogP contribution is -2.47. The van der Waals surface area contributed by atoms with E-state index in [0.29, 0.717) is 24.9 Å². The van der Waals surface area contributed by atoms with Crippen molar-refractivity contribution in [2.45, 2.75) is 32.7 Å². The highest BCUT2D eigenvalue weighted by Gasteiger charge is 2.32. The van der Waals surface area contributed by atoms with Gasteiger partial charge in [0, 0.05) is 19.1 Å².